The number of carbonyl (C=O) groups excluding carboxylic acids is 1. The lowest BCUT2D eigenvalue weighted by Gasteiger charge is -2.12. The number of pyridine rings is 2. The first-order chi connectivity index (χ1) is 14.0. The number of aromatic nitrogens is 5. The quantitative estimate of drug-likeness (QED) is 0.576. The van der Waals surface area contributed by atoms with Gasteiger partial charge in [-0.15, -0.1) is 0 Å². The molecule has 4 heterocycles. The first-order valence-corrected chi connectivity index (χ1v) is 9.30. The molecular formula is C20H17FN6O2. The predicted molar refractivity (Wildman–Crippen MR) is 104 cm³/mol. The lowest BCUT2D eigenvalue weighted by molar-refractivity contribution is -0.116. The van der Waals surface area contributed by atoms with E-state index in [-0.39, 0.29) is 17.9 Å². The van der Waals surface area contributed by atoms with Crippen LogP contribution in [0.25, 0.3) is 16.7 Å². The van der Waals surface area contributed by atoms with Gasteiger partial charge in [-0.2, -0.15) is 9.61 Å². The average molecular weight is 392 g/mol. The highest BCUT2D eigenvalue weighted by atomic mass is 19.1. The molecule has 8 nitrogen and oxygen atoms in total. The summed E-state index contributed by atoms with van der Waals surface area (Å²) in [5.41, 5.74) is 2.49. The number of aryl methyl sites for hydroxylation is 1. The van der Waals surface area contributed by atoms with Crippen LogP contribution in [-0.2, 0) is 11.3 Å². The number of carbonyl (C=O) groups is 1. The molecule has 1 N–H and O–H groups in total. The van der Waals surface area contributed by atoms with Gasteiger partial charge in [-0.05, 0) is 49.9 Å². The zero-order valence-electron chi connectivity index (χ0n) is 15.6. The van der Waals surface area contributed by atoms with Crippen molar-refractivity contribution in [2.75, 3.05) is 5.32 Å². The van der Waals surface area contributed by atoms with Crippen molar-refractivity contribution in [1.82, 2.24) is 24.1 Å². The van der Waals surface area contributed by atoms with Crippen molar-refractivity contribution in [3.05, 3.63) is 64.1 Å². The minimum Gasteiger partial charge on any atom is -0.309 e. The van der Waals surface area contributed by atoms with Gasteiger partial charge in [0.05, 0.1) is 17.8 Å². The molecule has 0 atom stereocenters. The molecule has 1 amide bonds. The van der Waals surface area contributed by atoms with Crippen LogP contribution in [0.1, 0.15) is 30.0 Å². The molecule has 1 aliphatic rings. The molecular weight excluding hydrogens is 375 g/mol. The highest BCUT2D eigenvalue weighted by Gasteiger charge is 2.30. The predicted octanol–water partition coefficient (Wildman–Crippen LogP) is 2.40. The SMILES string of the molecule is Cc1ccc2c(=O)n(CC(=O)Nc3ccc(F)cn3)c3c(C4CC4)cnn3c2n1. The van der Waals surface area contributed by atoms with Crippen molar-refractivity contribution in [1.29, 1.82) is 0 Å². The molecule has 0 saturated heterocycles. The fourth-order valence-corrected chi connectivity index (χ4v) is 3.50. The third-order valence-electron chi connectivity index (χ3n) is 5.03. The number of nitrogens with zero attached hydrogens (tertiary/aromatic N) is 5. The van der Waals surface area contributed by atoms with E-state index >= 15 is 0 Å². The summed E-state index contributed by atoms with van der Waals surface area (Å²) in [5.74, 6) is -0.376. The first-order valence-electron chi connectivity index (χ1n) is 9.30. The highest BCUT2D eigenvalue weighted by Crippen LogP contribution is 2.42. The molecule has 1 fully saturated rings. The Morgan fingerprint density at radius 1 is 1.24 bits per heavy atom. The number of rotatable bonds is 4. The normalized spacial score (nSPS) is 13.9. The number of fused-ring (bicyclic) bond motifs is 3. The van der Waals surface area contributed by atoms with Gasteiger partial charge in [0.1, 0.15) is 23.8 Å². The van der Waals surface area contributed by atoms with Crippen LogP contribution < -0.4 is 10.9 Å². The molecule has 0 unspecified atom stereocenters. The van der Waals surface area contributed by atoms with Gasteiger partial charge in [0, 0.05) is 11.3 Å². The molecule has 1 aliphatic carbocycles. The summed E-state index contributed by atoms with van der Waals surface area (Å²) < 4.78 is 16.1. The third kappa shape index (κ3) is 3.04. The van der Waals surface area contributed by atoms with Gasteiger partial charge >= 0.3 is 0 Å². The molecule has 0 aliphatic heterocycles. The molecule has 0 bridgehead atoms. The second kappa shape index (κ2) is 6.47. The van der Waals surface area contributed by atoms with Crippen LogP contribution in [0, 0.1) is 12.7 Å². The molecule has 29 heavy (non-hydrogen) atoms. The van der Waals surface area contributed by atoms with Gasteiger partial charge in [0.25, 0.3) is 5.56 Å². The van der Waals surface area contributed by atoms with Crippen LogP contribution in [0.3, 0.4) is 0 Å². The largest absolute Gasteiger partial charge is 0.309 e. The molecule has 9 heteroatoms. The number of amides is 1. The van der Waals surface area contributed by atoms with Crippen molar-refractivity contribution in [3.63, 3.8) is 0 Å². The van der Waals surface area contributed by atoms with Gasteiger partial charge in [0.15, 0.2) is 5.65 Å². The zero-order valence-corrected chi connectivity index (χ0v) is 15.6. The van der Waals surface area contributed by atoms with Crippen LogP contribution in [0.15, 0.2) is 41.5 Å². The van der Waals surface area contributed by atoms with Crippen molar-refractivity contribution in [2.24, 2.45) is 0 Å². The second-order valence-corrected chi connectivity index (χ2v) is 7.23. The van der Waals surface area contributed by atoms with E-state index in [1.165, 1.54) is 16.7 Å². The molecule has 4 aromatic heterocycles. The number of halogens is 1. The van der Waals surface area contributed by atoms with Crippen LogP contribution in [0.2, 0.25) is 0 Å². The van der Waals surface area contributed by atoms with Gasteiger partial charge in [-0.1, -0.05) is 0 Å². The molecule has 5 rings (SSSR count). The molecule has 1 saturated carbocycles. The number of nitrogens with one attached hydrogen (secondary N) is 1. The summed E-state index contributed by atoms with van der Waals surface area (Å²) in [6.45, 7) is 1.64. The maximum Gasteiger partial charge on any atom is 0.263 e. The molecule has 0 aromatic carbocycles. The summed E-state index contributed by atoms with van der Waals surface area (Å²) >= 11 is 0. The number of hydrogen-bond acceptors (Lipinski definition) is 5. The van der Waals surface area contributed by atoms with E-state index in [9.17, 15) is 14.0 Å². The standard InChI is InChI=1S/C20H17FN6O2/c1-11-2-6-14-18(24-11)27-19(15(9-23-27)12-3-4-12)26(20(14)29)10-17(28)25-16-7-5-13(21)8-22-16/h2,5-9,12H,3-4,10H2,1H3,(H,22,25,28). The second-order valence-electron chi connectivity index (χ2n) is 7.23. The summed E-state index contributed by atoms with van der Waals surface area (Å²) in [5, 5.41) is 7.45. The Labute approximate surface area is 164 Å². The lowest BCUT2D eigenvalue weighted by atomic mass is 10.2. The Hall–Kier alpha value is -3.62. The monoisotopic (exact) mass is 392 g/mol. The Balaban J connectivity index is 1.63. The maximum absolute atomic E-state index is 13.2. The van der Waals surface area contributed by atoms with Gasteiger partial charge in [-0.3, -0.25) is 14.2 Å². The van der Waals surface area contributed by atoms with Crippen LogP contribution in [0.5, 0.6) is 0 Å². The summed E-state index contributed by atoms with van der Waals surface area (Å²) in [4.78, 5) is 34.2. The highest BCUT2D eigenvalue weighted by molar-refractivity contribution is 5.90. The van der Waals surface area contributed by atoms with E-state index in [0.29, 0.717) is 22.6 Å². The Bertz CT molecular complexity index is 1320. The van der Waals surface area contributed by atoms with Gasteiger partial charge in [0.2, 0.25) is 5.91 Å². The molecule has 0 radical (unpaired) electrons. The minimum absolute atomic E-state index is 0.212. The Morgan fingerprint density at radius 2 is 2.07 bits per heavy atom. The van der Waals surface area contributed by atoms with Gasteiger partial charge < -0.3 is 5.32 Å². The molecule has 146 valence electrons. The van der Waals surface area contributed by atoms with Crippen LogP contribution >= 0.6 is 0 Å². The molecule has 4 aromatic rings. The smallest absolute Gasteiger partial charge is 0.263 e. The van der Waals surface area contributed by atoms with Crippen molar-refractivity contribution in [2.45, 2.75) is 32.2 Å². The van der Waals surface area contributed by atoms with Crippen molar-refractivity contribution in [3.8, 4) is 0 Å². The van der Waals surface area contributed by atoms with E-state index in [2.05, 4.69) is 20.4 Å². The van der Waals surface area contributed by atoms with Crippen LogP contribution in [-0.4, -0.2) is 30.1 Å². The van der Waals surface area contributed by atoms with Crippen molar-refractivity contribution >= 4 is 28.4 Å². The zero-order chi connectivity index (χ0) is 20.1. The van der Waals surface area contributed by atoms with E-state index < -0.39 is 11.7 Å². The van der Waals surface area contributed by atoms with E-state index in [1.807, 2.05) is 6.92 Å². The maximum atomic E-state index is 13.2. The fraction of sp³-hybridized carbons (Fsp3) is 0.250. The summed E-state index contributed by atoms with van der Waals surface area (Å²) in [6, 6.07) is 6.04. The Morgan fingerprint density at radius 3 is 2.79 bits per heavy atom. The third-order valence-corrected chi connectivity index (χ3v) is 5.03. The fourth-order valence-electron chi connectivity index (χ4n) is 3.50. The lowest BCUT2D eigenvalue weighted by Crippen LogP contribution is -2.30. The first kappa shape index (κ1) is 17.5. The minimum atomic E-state index is -0.494. The Kier molecular flexibility index (Phi) is 3.90. The molecule has 0 spiro atoms. The van der Waals surface area contributed by atoms with E-state index in [0.717, 1.165) is 30.3 Å². The van der Waals surface area contributed by atoms with E-state index in [4.69, 9.17) is 0 Å². The van der Waals surface area contributed by atoms with E-state index in [1.54, 1.807) is 22.8 Å². The summed E-state index contributed by atoms with van der Waals surface area (Å²) in [7, 11) is 0. The number of hydrogen-bond donors (Lipinski definition) is 1. The topological polar surface area (TPSA) is 94.2 Å². The summed E-state index contributed by atoms with van der Waals surface area (Å²) in [6.07, 6.45) is 4.83. The van der Waals surface area contributed by atoms with Crippen molar-refractivity contribution < 1.29 is 9.18 Å². The number of anilines is 1. The van der Waals surface area contributed by atoms with Gasteiger partial charge in [-0.25, -0.2) is 14.4 Å². The average Bonchev–Trinajstić information content (AvgIpc) is 3.45. The van der Waals surface area contributed by atoms with Crippen LogP contribution in [0.4, 0.5) is 10.2 Å².